The van der Waals surface area contributed by atoms with Gasteiger partial charge >= 0.3 is 0 Å². The average Bonchev–Trinajstić information content (AvgIpc) is 2.36. The highest BCUT2D eigenvalue weighted by Gasteiger charge is 2.31. The number of hydrogen-bond acceptors (Lipinski definition) is 5. The molecule has 1 fully saturated rings. The molecule has 2 rings (SSSR count). The fourth-order valence-electron chi connectivity index (χ4n) is 2.72. The topological polar surface area (TPSA) is 50.3 Å². The SMILES string of the molecule is CC(C)CNCc1cnc(N2CC(C)OC(C)(C)C2)cn1. The Morgan fingerprint density at radius 1 is 1.38 bits per heavy atom. The predicted octanol–water partition coefficient (Wildman–Crippen LogP) is 2.23. The van der Waals surface area contributed by atoms with Crippen LogP contribution in [0.2, 0.25) is 0 Å². The van der Waals surface area contributed by atoms with Crippen molar-refractivity contribution in [2.24, 2.45) is 5.92 Å². The van der Waals surface area contributed by atoms with Crippen molar-refractivity contribution < 1.29 is 4.74 Å². The van der Waals surface area contributed by atoms with E-state index < -0.39 is 0 Å². The molecular weight excluding hydrogens is 264 g/mol. The average molecular weight is 292 g/mol. The zero-order chi connectivity index (χ0) is 15.5. The second-order valence-electron chi connectivity index (χ2n) is 6.96. The van der Waals surface area contributed by atoms with Crippen LogP contribution in [0.4, 0.5) is 5.82 Å². The zero-order valence-electron chi connectivity index (χ0n) is 13.9. The van der Waals surface area contributed by atoms with Crippen molar-refractivity contribution in [3.63, 3.8) is 0 Å². The van der Waals surface area contributed by atoms with Crippen LogP contribution < -0.4 is 10.2 Å². The van der Waals surface area contributed by atoms with Gasteiger partial charge in [-0.1, -0.05) is 13.8 Å². The first-order valence-corrected chi connectivity index (χ1v) is 7.80. The molecule has 0 radical (unpaired) electrons. The summed E-state index contributed by atoms with van der Waals surface area (Å²) in [6, 6.07) is 0. The van der Waals surface area contributed by atoms with E-state index in [1.807, 2.05) is 12.4 Å². The van der Waals surface area contributed by atoms with Crippen LogP contribution in [0, 0.1) is 5.92 Å². The lowest BCUT2D eigenvalue weighted by atomic mass is 10.1. The molecule has 1 atom stereocenters. The third-order valence-electron chi connectivity index (χ3n) is 3.44. The number of ether oxygens (including phenoxy) is 1. The highest BCUT2D eigenvalue weighted by molar-refractivity contribution is 5.37. The van der Waals surface area contributed by atoms with Crippen molar-refractivity contribution in [1.29, 1.82) is 0 Å². The number of nitrogens with one attached hydrogen (secondary N) is 1. The molecule has 0 aromatic carbocycles. The second-order valence-corrected chi connectivity index (χ2v) is 6.96. The Morgan fingerprint density at radius 3 is 2.71 bits per heavy atom. The number of aromatic nitrogens is 2. The van der Waals surface area contributed by atoms with E-state index in [9.17, 15) is 0 Å². The lowest BCUT2D eigenvalue weighted by Gasteiger charge is -2.42. The van der Waals surface area contributed by atoms with Crippen molar-refractivity contribution in [2.45, 2.75) is 52.9 Å². The molecule has 5 heteroatoms. The van der Waals surface area contributed by atoms with E-state index >= 15 is 0 Å². The molecule has 1 aromatic heterocycles. The van der Waals surface area contributed by atoms with E-state index in [1.165, 1.54) is 0 Å². The maximum Gasteiger partial charge on any atom is 0.147 e. The van der Waals surface area contributed by atoms with Crippen LogP contribution in [-0.4, -0.2) is 41.3 Å². The summed E-state index contributed by atoms with van der Waals surface area (Å²) in [5.41, 5.74) is 0.844. The molecule has 1 unspecified atom stereocenters. The standard InChI is InChI=1S/C16H28N4O/c1-12(2)6-17-7-14-8-19-15(9-18-14)20-10-13(3)21-16(4,5)11-20/h8-9,12-13,17H,6-7,10-11H2,1-5H3. The molecular formula is C16H28N4O. The Balaban J connectivity index is 1.95. The van der Waals surface area contributed by atoms with Gasteiger partial charge in [-0.05, 0) is 33.2 Å². The first-order valence-electron chi connectivity index (χ1n) is 7.80. The summed E-state index contributed by atoms with van der Waals surface area (Å²) in [4.78, 5) is 11.3. The Kier molecular flexibility index (Phi) is 5.17. The minimum atomic E-state index is -0.142. The molecule has 5 nitrogen and oxygen atoms in total. The normalized spacial score (nSPS) is 21.8. The number of rotatable bonds is 5. The Hall–Kier alpha value is -1.20. The van der Waals surface area contributed by atoms with Crippen molar-refractivity contribution in [2.75, 3.05) is 24.5 Å². The van der Waals surface area contributed by atoms with E-state index in [1.54, 1.807) is 0 Å². The molecule has 1 N–H and O–H groups in total. The second kappa shape index (κ2) is 6.71. The summed E-state index contributed by atoms with van der Waals surface area (Å²) in [5.74, 6) is 1.58. The maximum atomic E-state index is 5.92. The number of nitrogens with zero attached hydrogens (tertiary/aromatic N) is 3. The van der Waals surface area contributed by atoms with Gasteiger partial charge in [0.25, 0.3) is 0 Å². The van der Waals surface area contributed by atoms with Crippen LogP contribution in [0.1, 0.15) is 40.3 Å². The molecule has 0 spiro atoms. The van der Waals surface area contributed by atoms with Gasteiger partial charge in [0.1, 0.15) is 5.82 Å². The molecule has 0 bridgehead atoms. The monoisotopic (exact) mass is 292 g/mol. The van der Waals surface area contributed by atoms with Gasteiger partial charge < -0.3 is 15.0 Å². The molecule has 2 heterocycles. The summed E-state index contributed by atoms with van der Waals surface area (Å²) in [6.07, 6.45) is 3.96. The van der Waals surface area contributed by atoms with E-state index in [2.05, 4.69) is 54.8 Å². The Morgan fingerprint density at radius 2 is 2.14 bits per heavy atom. The fraction of sp³-hybridized carbons (Fsp3) is 0.750. The summed E-state index contributed by atoms with van der Waals surface area (Å²) < 4.78 is 5.92. The lowest BCUT2D eigenvalue weighted by molar-refractivity contribution is -0.0751. The van der Waals surface area contributed by atoms with E-state index in [0.29, 0.717) is 5.92 Å². The third-order valence-corrected chi connectivity index (χ3v) is 3.44. The maximum absolute atomic E-state index is 5.92. The van der Waals surface area contributed by atoms with E-state index in [0.717, 1.165) is 37.7 Å². The highest BCUT2D eigenvalue weighted by Crippen LogP contribution is 2.24. The van der Waals surface area contributed by atoms with E-state index in [-0.39, 0.29) is 11.7 Å². The summed E-state index contributed by atoms with van der Waals surface area (Å²) in [7, 11) is 0. The van der Waals surface area contributed by atoms with Crippen molar-refractivity contribution >= 4 is 5.82 Å². The Bertz CT molecular complexity index is 444. The van der Waals surface area contributed by atoms with Crippen molar-refractivity contribution in [1.82, 2.24) is 15.3 Å². The van der Waals surface area contributed by atoms with Crippen LogP contribution in [0.5, 0.6) is 0 Å². The van der Waals surface area contributed by atoms with Crippen LogP contribution in [0.25, 0.3) is 0 Å². The van der Waals surface area contributed by atoms with Crippen molar-refractivity contribution in [3.05, 3.63) is 18.1 Å². The molecule has 1 saturated heterocycles. The largest absolute Gasteiger partial charge is 0.369 e. The van der Waals surface area contributed by atoms with Crippen molar-refractivity contribution in [3.8, 4) is 0 Å². The summed E-state index contributed by atoms with van der Waals surface area (Å²) >= 11 is 0. The summed E-state index contributed by atoms with van der Waals surface area (Å²) in [6.45, 7) is 14.2. The van der Waals surface area contributed by atoms with Gasteiger partial charge in [0.2, 0.25) is 0 Å². The van der Waals surface area contributed by atoms with Crippen LogP contribution in [-0.2, 0) is 11.3 Å². The number of morpholine rings is 1. The summed E-state index contributed by atoms with van der Waals surface area (Å²) in [5, 5.41) is 3.38. The molecule has 21 heavy (non-hydrogen) atoms. The molecule has 1 aromatic rings. The Labute approximate surface area is 128 Å². The smallest absolute Gasteiger partial charge is 0.147 e. The number of anilines is 1. The minimum Gasteiger partial charge on any atom is -0.369 e. The number of hydrogen-bond donors (Lipinski definition) is 1. The minimum absolute atomic E-state index is 0.142. The van der Waals surface area contributed by atoms with Crippen LogP contribution >= 0.6 is 0 Å². The third kappa shape index (κ3) is 4.93. The molecule has 0 saturated carbocycles. The first-order chi connectivity index (χ1) is 9.85. The quantitative estimate of drug-likeness (QED) is 0.902. The molecule has 1 aliphatic heterocycles. The van der Waals surface area contributed by atoms with Gasteiger partial charge in [-0.2, -0.15) is 0 Å². The zero-order valence-corrected chi connectivity index (χ0v) is 13.9. The van der Waals surface area contributed by atoms with Crippen LogP contribution in [0.3, 0.4) is 0 Å². The first kappa shape index (κ1) is 16.2. The van der Waals surface area contributed by atoms with Gasteiger partial charge in [-0.25, -0.2) is 4.98 Å². The molecule has 0 aliphatic carbocycles. The van der Waals surface area contributed by atoms with Gasteiger partial charge in [0, 0.05) is 19.6 Å². The van der Waals surface area contributed by atoms with E-state index in [4.69, 9.17) is 4.74 Å². The molecule has 118 valence electrons. The molecule has 0 amide bonds. The highest BCUT2D eigenvalue weighted by atomic mass is 16.5. The van der Waals surface area contributed by atoms with Gasteiger partial charge in [0.15, 0.2) is 0 Å². The van der Waals surface area contributed by atoms with Crippen LogP contribution in [0.15, 0.2) is 12.4 Å². The fourth-order valence-corrected chi connectivity index (χ4v) is 2.72. The van der Waals surface area contributed by atoms with Gasteiger partial charge in [-0.15, -0.1) is 0 Å². The van der Waals surface area contributed by atoms with Gasteiger partial charge in [0.05, 0.1) is 29.8 Å². The lowest BCUT2D eigenvalue weighted by Crippen LogP contribution is -2.52. The van der Waals surface area contributed by atoms with Gasteiger partial charge in [-0.3, -0.25) is 4.98 Å². The molecule has 1 aliphatic rings. The predicted molar refractivity (Wildman–Crippen MR) is 85.4 cm³/mol.